The molecule has 0 fully saturated rings. The molecule has 0 aliphatic heterocycles. The average Bonchev–Trinajstić information content (AvgIpc) is 2.49. The molecular formula is C16H18ClNO2S. The molecule has 112 valence electrons. The van der Waals surface area contributed by atoms with Crippen molar-refractivity contribution in [3.8, 4) is 11.5 Å². The second-order valence-corrected chi connectivity index (χ2v) is 5.83. The average molecular weight is 324 g/mol. The van der Waals surface area contributed by atoms with Crippen molar-refractivity contribution >= 4 is 29.1 Å². The summed E-state index contributed by atoms with van der Waals surface area (Å²) >= 11 is 7.59. The van der Waals surface area contributed by atoms with E-state index in [2.05, 4.69) is 0 Å². The lowest BCUT2D eigenvalue weighted by molar-refractivity contribution is 0.289. The maximum Gasteiger partial charge on any atom is 0.161 e. The van der Waals surface area contributed by atoms with Gasteiger partial charge in [-0.1, -0.05) is 23.7 Å². The van der Waals surface area contributed by atoms with Crippen LogP contribution in [0.2, 0.25) is 5.02 Å². The zero-order chi connectivity index (χ0) is 15.1. The van der Waals surface area contributed by atoms with Gasteiger partial charge in [-0.05, 0) is 37.3 Å². The van der Waals surface area contributed by atoms with E-state index >= 15 is 0 Å². The van der Waals surface area contributed by atoms with Crippen molar-refractivity contribution in [1.29, 1.82) is 0 Å². The Morgan fingerprint density at radius 3 is 2.52 bits per heavy atom. The quantitative estimate of drug-likeness (QED) is 0.463. The highest BCUT2D eigenvalue weighted by molar-refractivity contribution is 7.99. The molecular weight excluding hydrogens is 306 g/mol. The van der Waals surface area contributed by atoms with Crippen LogP contribution >= 0.6 is 23.4 Å². The highest BCUT2D eigenvalue weighted by Gasteiger charge is 2.04. The number of benzene rings is 2. The SMILES string of the molecule is CCOc1ccccc1OCCSc1cc(Cl)ccc1N. The summed E-state index contributed by atoms with van der Waals surface area (Å²) in [5.41, 5.74) is 6.64. The molecule has 5 heteroatoms. The number of nitrogens with two attached hydrogens (primary N) is 1. The zero-order valence-electron chi connectivity index (χ0n) is 11.8. The van der Waals surface area contributed by atoms with E-state index in [1.165, 1.54) is 0 Å². The van der Waals surface area contributed by atoms with Crippen LogP contribution in [0.25, 0.3) is 0 Å². The van der Waals surface area contributed by atoms with Gasteiger partial charge in [0, 0.05) is 21.4 Å². The Kier molecular flexibility index (Phi) is 6.08. The van der Waals surface area contributed by atoms with Crippen molar-refractivity contribution in [2.24, 2.45) is 0 Å². The molecule has 2 aromatic rings. The molecule has 0 spiro atoms. The van der Waals surface area contributed by atoms with E-state index in [9.17, 15) is 0 Å². The fourth-order valence-corrected chi connectivity index (χ4v) is 2.85. The third kappa shape index (κ3) is 4.76. The van der Waals surface area contributed by atoms with Gasteiger partial charge in [0.1, 0.15) is 0 Å². The third-order valence-electron chi connectivity index (χ3n) is 2.72. The van der Waals surface area contributed by atoms with E-state index in [-0.39, 0.29) is 0 Å². The number of rotatable bonds is 7. The van der Waals surface area contributed by atoms with Gasteiger partial charge in [-0.3, -0.25) is 0 Å². The Labute approximate surface area is 134 Å². The van der Waals surface area contributed by atoms with Crippen LogP contribution in [0.4, 0.5) is 5.69 Å². The number of nitrogen functional groups attached to an aromatic ring is 1. The minimum Gasteiger partial charge on any atom is -0.490 e. The number of para-hydroxylation sites is 2. The number of hydrogen-bond acceptors (Lipinski definition) is 4. The van der Waals surface area contributed by atoms with Crippen LogP contribution in [0.3, 0.4) is 0 Å². The minimum absolute atomic E-state index is 0.570. The maximum absolute atomic E-state index is 5.96. The summed E-state index contributed by atoms with van der Waals surface area (Å²) in [6.45, 7) is 3.14. The van der Waals surface area contributed by atoms with E-state index < -0.39 is 0 Å². The predicted octanol–water partition coefficient (Wildman–Crippen LogP) is 4.49. The molecule has 2 aromatic carbocycles. The Hall–Kier alpha value is -1.52. The molecule has 0 aliphatic rings. The topological polar surface area (TPSA) is 44.5 Å². The second-order valence-electron chi connectivity index (χ2n) is 4.26. The van der Waals surface area contributed by atoms with Crippen LogP contribution in [-0.2, 0) is 0 Å². The number of ether oxygens (including phenoxy) is 2. The molecule has 0 amide bonds. The summed E-state index contributed by atoms with van der Waals surface area (Å²) < 4.78 is 11.3. The largest absolute Gasteiger partial charge is 0.490 e. The standard InChI is InChI=1S/C16H18ClNO2S/c1-2-19-14-5-3-4-6-15(14)20-9-10-21-16-11-12(17)7-8-13(16)18/h3-8,11H,2,9-10,18H2,1H3. The van der Waals surface area contributed by atoms with E-state index in [1.807, 2.05) is 43.3 Å². The van der Waals surface area contributed by atoms with E-state index in [0.29, 0.717) is 18.2 Å². The van der Waals surface area contributed by atoms with Crippen molar-refractivity contribution in [2.75, 3.05) is 24.7 Å². The van der Waals surface area contributed by atoms with Crippen molar-refractivity contribution < 1.29 is 9.47 Å². The van der Waals surface area contributed by atoms with Gasteiger partial charge in [0.25, 0.3) is 0 Å². The van der Waals surface area contributed by atoms with Gasteiger partial charge >= 0.3 is 0 Å². The van der Waals surface area contributed by atoms with Gasteiger partial charge in [0.15, 0.2) is 11.5 Å². The van der Waals surface area contributed by atoms with E-state index in [0.717, 1.165) is 27.8 Å². The Morgan fingerprint density at radius 1 is 1.10 bits per heavy atom. The molecule has 0 unspecified atom stereocenters. The predicted molar refractivity (Wildman–Crippen MR) is 89.7 cm³/mol. The molecule has 0 saturated heterocycles. The van der Waals surface area contributed by atoms with Crippen molar-refractivity contribution in [3.63, 3.8) is 0 Å². The zero-order valence-corrected chi connectivity index (χ0v) is 13.4. The van der Waals surface area contributed by atoms with Crippen LogP contribution in [0, 0.1) is 0 Å². The van der Waals surface area contributed by atoms with Crippen LogP contribution in [0.5, 0.6) is 11.5 Å². The molecule has 21 heavy (non-hydrogen) atoms. The molecule has 0 aliphatic carbocycles. The molecule has 2 rings (SSSR count). The second kappa shape index (κ2) is 8.05. The summed E-state index contributed by atoms with van der Waals surface area (Å²) in [7, 11) is 0. The lowest BCUT2D eigenvalue weighted by atomic mass is 10.3. The number of halogens is 1. The first-order valence-electron chi connectivity index (χ1n) is 6.73. The first kappa shape index (κ1) is 15.9. The normalized spacial score (nSPS) is 10.4. The summed E-state index contributed by atoms with van der Waals surface area (Å²) in [5, 5.41) is 0.689. The minimum atomic E-state index is 0.570. The fourth-order valence-electron chi connectivity index (χ4n) is 1.78. The van der Waals surface area contributed by atoms with Crippen molar-refractivity contribution in [2.45, 2.75) is 11.8 Å². The van der Waals surface area contributed by atoms with Gasteiger partial charge in [0.05, 0.1) is 13.2 Å². The third-order valence-corrected chi connectivity index (χ3v) is 3.99. The summed E-state index contributed by atoms with van der Waals surface area (Å²) in [4.78, 5) is 0.976. The van der Waals surface area contributed by atoms with E-state index in [4.69, 9.17) is 26.8 Å². The Morgan fingerprint density at radius 2 is 1.81 bits per heavy atom. The smallest absolute Gasteiger partial charge is 0.161 e. The van der Waals surface area contributed by atoms with Crippen molar-refractivity contribution in [3.05, 3.63) is 47.5 Å². The molecule has 0 radical (unpaired) electrons. The van der Waals surface area contributed by atoms with Crippen LogP contribution in [-0.4, -0.2) is 19.0 Å². The first-order valence-corrected chi connectivity index (χ1v) is 8.09. The number of hydrogen-bond donors (Lipinski definition) is 1. The molecule has 0 atom stereocenters. The lowest BCUT2D eigenvalue weighted by Crippen LogP contribution is -2.03. The monoisotopic (exact) mass is 323 g/mol. The lowest BCUT2D eigenvalue weighted by Gasteiger charge is -2.11. The molecule has 0 aromatic heterocycles. The van der Waals surface area contributed by atoms with Gasteiger partial charge in [-0.25, -0.2) is 0 Å². The number of thioether (sulfide) groups is 1. The van der Waals surface area contributed by atoms with Crippen molar-refractivity contribution in [1.82, 2.24) is 0 Å². The van der Waals surface area contributed by atoms with Crippen LogP contribution in [0.15, 0.2) is 47.4 Å². The van der Waals surface area contributed by atoms with Gasteiger partial charge in [0.2, 0.25) is 0 Å². The molecule has 3 nitrogen and oxygen atoms in total. The summed E-state index contributed by atoms with van der Waals surface area (Å²) in [6, 6.07) is 13.1. The Bertz CT molecular complexity index is 592. The first-order chi connectivity index (χ1) is 10.2. The van der Waals surface area contributed by atoms with Crippen LogP contribution in [0.1, 0.15) is 6.92 Å². The van der Waals surface area contributed by atoms with Gasteiger partial charge in [-0.2, -0.15) is 0 Å². The molecule has 0 bridgehead atoms. The maximum atomic E-state index is 5.96. The van der Waals surface area contributed by atoms with Crippen LogP contribution < -0.4 is 15.2 Å². The summed E-state index contributed by atoms with van der Waals surface area (Å²) in [5.74, 6) is 2.32. The Balaban J connectivity index is 1.86. The number of anilines is 1. The fraction of sp³-hybridized carbons (Fsp3) is 0.250. The highest BCUT2D eigenvalue weighted by Crippen LogP contribution is 2.29. The molecule has 0 saturated carbocycles. The summed E-state index contributed by atoms with van der Waals surface area (Å²) in [6.07, 6.45) is 0. The van der Waals surface area contributed by atoms with Gasteiger partial charge < -0.3 is 15.2 Å². The highest BCUT2D eigenvalue weighted by atomic mass is 35.5. The van der Waals surface area contributed by atoms with Gasteiger partial charge in [-0.15, -0.1) is 11.8 Å². The van der Waals surface area contributed by atoms with E-state index in [1.54, 1.807) is 17.8 Å². The molecule has 2 N–H and O–H groups in total. The molecule has 0 heterocycles.